The summed E-state index contributed by atoms with van der Waals surface area (Å²) < 4.78 is 3.32. The molecule has 0 N–H and O–H groups in total. The maximum absolute atomic E-state index is 11.0. The molecule has 0 aliphatic heterocycles. The van der Waals surface area contributed by atoms with Crippen molar-refractivity contribution in [2.45, 2.75) is 29.7 Å². The molecule has 1 unspecified atom stereocenters. The van der Waals surface area contributed by atoms with Crippen molar-refractivity contribution in [2.24, 2.45) is 0 Å². The average Bonchev–Trinajstić information content (AvgIpc) is 1.81. The van der Waals surface area contributed by atoms with Crippen LogP contribution in [0.1, 0.15) is 19.8 Å². The average molecular weight is 246 g/mol. The Bertz CT molecular complexity index is 186. The summed E-state index contributed by atoms with van der Waals surface area (Å²) in [5, 5.41) is 0. The SMILES string of the molecule is C=CCC(C)OC(=O)CC(Cl)(Cl)Cl. The number of hydrogen-bond donors (Lipinski definition) is 0. The predicted molar refractivity (Wildman–Crippen MR) is 55.3 cm³/mol. The minimum absolute atomic E-state index is 0.225. The van der Waals surface area contributed by atoms with E-state index in [0.717, 1.165) is 0 Å². The van der Waals surface area contributed by atoms with E-state index in [4.69, 9.17) is 39.5 Å². The van der Waals surface area contributed by atoms with E-state index in [1.165, 1.54) is 0 Å². The zero-order chi connectivity index (χ0) is 10.5. The highest BCUT2D eigenvalue weighted by Crippen LogP contribution is 2.30. The zero-order valence-corrected chi connectivity index (χ0v) is 9.49. The first-order chi connectivity index (χ1) is 5.85. The Morgan fingerprint density at radius 2 is 2.15 bits per heavy atom. The van der Waals surface area contributed by atoms with Gasteiger partial charge in [-0.25, -0.2) is 0 Å². The van der Waals surface area contributed by atoms with Gasteiger partial charge in [-0.1, -0.05) is 40.9 Å². The van der Waals surface area contributed by atoms with Gasteiger partial charge >= 0.3 is 5.97 Å². The van der Waals surface area contributed by atoms with Crippen molar-refractivity contribution < 1.29 is 9.53 Å². The van der Waals surface area contributed by atoms with Crippen LogP contribution in [0.2, 0.25) is 0 Å². The summed E-state index contributed by atoms with van der Waals surface area (Å²) in [6, 6.07) is 0. The molecule has 0 radical (unpaired) electrons. The smallest absolute Gasteiger partial charge is 0.310 e. The van der Waals surface area contributed by atoms with Crippen LogP contribution < -0.4 is 0 Å². The van der Waals surface area contributed by atoms with Crippen molar-refractivity contribution in [3.63, 3.8) is 0 Å². The molecule has 1 atom stereocenters. The number of carbonyl (C=O) groups excluding carboxylic acids is 1. The lowest BCUT2D eigenvalue weighted by molar-refractivity contribution is -0.147. The molecule has 0 aromatic rings. The van der Waals surface area contributed by atoms with Gasteiger partial charge in [0.2, 0.25) is 3.79 Å². The predicted octanol–water partition coefficient (Wildman–Crippen LogP) is 3.25. The molecule has 2 nitrogen and oxygen atoms in total. The monoisotopic (exact) mass is 244 g/mol. The first-order valence-electron chi connectivity index (χ1n) is 3.72. The van der Waals surface area contributed by atoms with Crippen molar-refractivity contribution >= 4 is 40.8 Å². The second kappa shape index (κ2) is 5.74. The second-order valence-electron chi connectivity index (χ2n) is 2.62. The normalized spacial score (nSPS) is 13.5. The molecule has 0 spiro atoms. The van der Waals surface area contributed by atoms with Gasteiger partial charge in [-0.05, 0) is 6.92 Å². The van der Waals surface area contributed by atoms with Crippen LogP contribution in [-0.2, 0) is 9.53 Å². The summed E-state index contributed by atoms with van der Waals surface area (Å²) in [5.74, 6) is -0.519. The van der Waals surface area contributed by atoms with E-state index < -0.39 is 9.76 Å². The molecule has 5 heteroatoms. The minimum atomic E-state index is -1.58. The lowest BCUT2D eigenvalue weighted by atomic mass is 10.3. The van der Waals surface area contributed by atoms with Crippen LogP contribution in [0.25, 0.3) is 0 Å². The highest BCUT2D eigenvalue weighted by atomic mass is 35.6. The van der Waals surface area contributed by atoms with Gasteiger partial charge in [-0.15, -0.1) is 6.58 Å². The molecule has 76 valence electrons. The van der Waals surface area contributed by atoms with Crippen LogP contribution in [0.15, 0.2) is 12.7 Å². The summed E-state index contributed by atoms with van der Waals surface area (Å²) in [6.07, 6.45) is 1.79. The quantitative estimate of drug-likeness (QED) is 0.432. The lowest BCUT2D eigenvalue weighted by Crippen LogP contribution is -2.19. The first-order valence-corrected chi connectivity index (χ1v) is 4.85. The number of hydrogen-bond acceptors (Lipinski definition) is 2. The molecule has 0 fully saturated rings. The van der Waals surface area contributed by atoms with Gasteiger partial charge in [0.05, 0.1) is 6.42 Å². The third kappa shape index (κ3) is 8.41. The van der Waals surface area contributed by atoms with Crippen LogP contribution in [0.4, 0.5) is 0 Å². The molecule has 0 aliphatic rings. The molecule has 0 bridgehead atoms. The Balaban J connectivity index is 3.81. The molecule has 0 aliphatic carbocycles. The summed E-state index contributed by atoms with van der Waals surface area (Å²) in [5.41, 5.74) is 0. The highest BCUT2D eigenvalue weighted by molar-refractivity contribution is 6.68. The Morgan fingerprint density at radius 1 is 1.62 bits per heavy atom. The van der Waals surface area contributed by atoms with E-state index in [2.05, 4.69) is 6.58 Å². The van der Waals surface area contributed by atoms with Crippen molar-refractivity contribution in [3.8, 4) is 0 Å². The summed E-state index contributed by atoms with van der Waals surface area (Å²) in [7, 11) is 0. The van der Waals surface area contributed by atoms with E-state index in [-0.39, 0.29) is 12.5 Å². The van der Waals surface area contributed by atoms with Crippen molar-refractivity contribution in [1.29, 1.82) is 0 Å². The lowest BCUT2D eigenvalue weighted by Gasteiger charge is -2.14. The highest BCUT2D eigenvalue weighted by Gasteiger charge is 2.25. The molecule has 13 heavy (non-hydrogen) atoms. The fraction of sp³-hybridized carbons (Fsp3) is 0.625. The first kappa shape index (κ1) is 13.1. The topological polar surface area (TPSA) is 26.3 Å². The van der Waals surface area contributed by atoms with E-state index in [1.54, 1.807) is 13.0 Å². The maximum atomic E-state index is 11.0. The van der Waals surface area contributed by atoms with E-state index >= 15 is 0 Å². The summed E-state index contributed by atoms with van der Waals surface area (Å²) in [4.78, 5) is 11.0. The fourth-order valence-electron chi connectivity index (χ4n) is 0.713. The molecule has 0 saturated heterocycles. The van der Waals surface area contributed by atoms with Gasteiger partial charge in [0, 0.05) is 6.42 Å². The molecule has 0 aromatic carbocycles. The fourth-order valence-corrected chi connectivity index (χ4v) is 1.04. The number of carbonyl (C=O) groups is 1. The number of esters is 1. The van der Waals surface area contributed by atoms with Crippen LogP contribution in [0, 0.1) is 0 Å². The molecular formula is C8H11Cl3O2. The van der Waals surface area contributed by atoms with Crippen molar-refractivity contribution in [2.75, 3.05) is 0 Å². The van der Waals surface area contributed by atoms with Gasteiger partial charge in [0.25, 0.3) is 0 Å². The standard InChI is InChI=1S/C8H11Cl3O2/c1-3-4-6(2)13-7(12)5-8(9,10)11/h3,6H,1,4-5H2,2H3. The Labute approximate surface area is 92.8 Å². The minimum Gasteiger partial charge on any atom is -0.462 e. The molecular weight excluding hydrogens is 234 g/mol. The third-order valence-corrected chi connectivity index (χ3v) is 1.58. The van der Waals surface area contributed by atoms with E-state index in [1.807, 2.05) is 0 Å². The van der Waals surface area contributed by atoms with Gasteiger partial charge in [0.1, 0.15) is 6.10 Å². The number of ether oxygens (including phenoxy) is 1. The maximum Gasteiger partial charge on any atom is 0.310 e. The van der Waals surface area contributed by atoms with Gasteiger partial charge in [0.15, 0.2) is 0 Å². The Hall–Kier alpha value is 0.0800. The molecule has 0 aromatic heterocycles. The van der Waals surface area contributed by atoms with Gasteiger partial charge in [-0.3, -0.25) is 4.79 Å². The Morgan fingerprint density at radius 3 is 2.54 bits per heavy atom. The largest absolute Gasteiger partial charge is 0.462 e. The third-order valence-electron chi connectivity index (χ3n) is 1.18. The number of rotatable bonds is 4. The summed E-state index contributed by atoms with van der Waals surface area (Å²) >= 11 is 16.2. The van der Waals surface area contributed by atoms with E-state index in [9.17, 15) is 4.79 Å². The van der Waals surface area contributed by atoms with Crippen LogP contribution in [-0.4, -0.2) is 15.9 Å². The van der Waals surface area contributed by atoms with Crippen LogP contribution in [0.3, 0.4) is 0 Å². The zero-order valence-electron chi connectivity index (χ0n) is 7.23. The van der Waals surface area contributed by atoms with Gasteiger partial charge in [-0.2, -0.15) is 0 Å². The number of alkyl halides is 3. The van der Waals surface area contributed by atoms with Crippen molar-refractivity contribution in [3.05, 3.63) is 12.7 Å². The van der Waals surface area contributed by atoms with Crippen LogP contribution >= 0.6 is 34.8 Å². The molecule has 0 heterocycles. The molecule has 0 amide bonds. The second-order valence-corrected chi connectivity index (χ2v) is 5.13. The molecule has 0 saturated carbocycles. The van der Waals surface area contributed by atoms with Crippen LogP contribution in [0.5, 0.6) is 0 Å². The van der Waals surface area contributed by atoms with E-state index in [0.29, 0.717) is 6.42 Å². The van der Waals surface area contributed by atoms with Gasteiger partial charge < -0.3 is 4.74 Å². The number of halogens is 3. The van der Waals surface area contributed by atoms with Crippen molar-refractivity contribution in [1.82, 2.24) is 0 Å². The molecule has 0 rings (SSSR count). The summed E-state index contributed by atoms with van der Waals surface area (Å²) in [6.45, 7) is 5.26. The Kier molecular flexibility index (Phi) is 5.77.